The van der Waals surface area contributed by atoms with Crippen LogP contribution in [-0.4, -0.2) is 29.5 Å². The van der Waals surface area contributed by atoms with Crippen LogP contribution in [0.1, 0.15) is 36.1 Å². The van der Waals surface area contributed by atoms with Crippen LogP contribution in [0.2, 0.25) is 0 Å². The fourth-order valence-electron chi connectivity index (χ4n) is 2.04. The number of thiophene rings is 1. The van der Waals surface area contributed by atoms with E-state index in [9.17, 15) is 14.7 Å². The molecule has 2 unspecified atom stereocenters. The van der Waals surface area contributed by atoms with Crippen LogP contribution in [0, 0.1) is 5.92 Å². The van der Waals surface area contributed by atoms with Crippen LogP contribution >= 0.6 is 11.3 Å². The molecule has 0 spiro atoms. The highest BCUT2D eigenvalue weighted by Gasteiger charge is 2.26. The molecule has 3 N–H and O–H groups in total. The summed E-state index contributed by atoms with van der Waals surface area (Å²) >= 11 is 1.48. The first-order valence-corrected chi connectivity index (χ1v) is 8.25. The monoisotopic (exact) mass is 336 g/mol. The molecule has 2 atom stereocenters. The molecule has 0 saturated carbocycles. The van der Waals surface area contributed by atoms with Crippen LogP contribution in [0.15, 0.2) is 39.6 Å². The number of aliphatic hydroxyl groups is 1. The number of hydrogen-bond acceptors (Lipinski definition) is 5. The van der Waals surface area contributed by atoms with Gasteiger partial charge in [-0.15, -0.1) is 0 Å². The minimum atomic E-state index is -0.765. The molecule has 2 aromatic rings. The molecule has 0 aliphatic rings. The predicted octanol–water partition coefficient (Wildman–Crippen LogP) is 1.95. The first-order chi connectivity index (χ1) is 11.0. The molecule has 2 rings (SSSR count). The normalized spacial score (nSPS) is 13.6. The summed E-state index contributed by atoms with van der Waals surface area (Å²) in [7, 11) is 0. The Labute approximate surface area is 138 Å². The van der Waals surface area contributed by atoms with Gasteiger partial charge in [0.1, 0.15) is 6.04 Å². The summed E-state index contributed by atoms with van der Waals surface area (Å²) in [5.41, 5.74) is 0.760. The number of carbonyl (C=O) groups is 2. The second kappa shape index (κ2) is 7.94. The van der Waals surface area contributed by atoms with Crippen molar-refractivity contribution in [3.8, 4) is 0 Å². The number of hydrogen-bond donors (Lipinski definition) is 3. The first-order valence-electron chi connectivity index (χ1n) is 7.31. The third kappa shape index (κ3) is 4.67. The quantitative estimate of drug-likeness (QED) is 0.720. The Morgan fingerprint density at radius 2 is 2.13 bits per heavy atom. The van der Waals surface area contributed by atoms with E-state index in [4.69, 9.17) is 4.42 Å². The number of carbonyl (C=O) groups excluding carboxylic acids is 2. The number of rotatable bonds is 7. The molecule has 6 nitrogen and oxygen atoms in total. The van der Waals surface area contributed by atoms with E-state index < -0.39 is 18.1 Å². The van der Waals surface area contributed by atoms with E-state index in [0.717, 1.165) is 5.56 Å². The highest BCUT2D eigenvalue weighted by molar-refractivity contribution is 7.07. The molecule has 0 fully saturated rings. The topological polar surface area (TPSA) is 91.6 Å². The maximum atomic E-state index is 12.3. The van der Waals surface area contributed by atoms with Gasteiger partial charge in [0.05, 0.1) is 12.4 Å². The number of aliphatic hydroxyl groups excluding tert-OH is 1. The molecule has 2 aromatic heterocycles. The van der Waals surface area contributed by atoms with E-state index in [1.165, 1.54) is 23.7 Å². The van der Waals surface area contributed by atoms with E-state index >= 15 is 0 Å². The first kappa shape index (κ1) is 17.2. The molecule has 0 bridgehead atoms. The number of nitrogens with one attached hydrogen (secondary N) is 2. The lowest BCUT2D eigenvalue weighted by Crippen LogP contribution is -2.50. The Hall–Kier alpha value is -2.12. The fourth-order valence-corrected chi connectivity index (χ4v) is 2.75. The summed E-state index contributed by atoms with van der Waals surface area (Å²) < 4.78 is 5.02. The van der Waals surface area contributed by atoms with Crippen LogP contribution in [-0.2, 0) is 4.79 Å². The lowest BCUT2D eigenvalue weighted by molar-refractivity contribution is -0.124. The third-order valence-corrected chi connectivity index (χ3v) is 4.08. The van der Waals surface area contributed by atoms with Crippen LogP contribution in [0.4, 0.5) is 0 Å². The minimum absolute atomic E-state index is 0.0927. The van der Waals surface area contributed by atoms with Crippen molar-refractivity contribution >= 4 is 23.2 Å². The average molecular weight is 336 g/mol. The second-order valence-corrected chi connectivity index (χ2v) is 6.27. The summed E-state index contributed by atoms with van der Waals surface area (Å²) in [4.78, 5) is 24.3. The van der Waals surface area contributed by atoms with Gasteiger partial charge < -0.3 is 20.2 Å². The van der Waals surface area contributed by atoms with Gasteiger partial charge in [-0.05, 0) is 40.4 Å². The zero-order valence-electron chi connectivity index (χ0n) is 13.0. The molecule has 0 aliphatic heterocycles. The Kier molecular flexibility index (Phi) is 5.95. The molecular formula is C16H20N2O4S. The van der Waals surface area contributed by atoms with E-state index in [1.54, 1.807) is 12.1 Å². The van der Waals surface area contributed by atoms with Crippen LogP contribution in [0.5, 0.6) is 0 Å². The lowest BCUT2D eigenvalue weighted by Gasteiger charge is -2.22. The van der Waals surface area contributed by atoms with Gasteiger partial charge in [0.2, 0.25) is 5.91 Å². The van der Waals surface area contributed by atoms with Crippen molar-refractivity contribution in [2.24, 2.45) is 5.92 Å². The van der Waals surface area contributed by atoms with E-state index in [0.29, 0.717) is 0 Å². The molecule has 0 aliphatic carbocycles. The van der Waals surface area contributed by atoms with Gasteiger partial charge in [-0.1, -0.05) is 13.8 Å². The molecule has 0 aromatic carbocycles. The minimum Gasteiger partial charge on any atom is -0.459 e. The Morgan fingerprint density at radius 3 is 2.70 bits per heavy atom. The Balaban J connectivity index is 1.92. The van der Waals surface area contributed by atoms with Gasteiger partial charge >= 0.3 is 0 Å². The molecule has 124 valence electrons. The Morgan fingerprint density at radius 1 is 1.35 bits per heavy atom. The van der Waals surface area contributed by atoms with Gasteiger partial charge in [0.25, 0.3) is 5.91 Å². The zero-order chi connectivity index (χ0) is 16.8. The standard InChI is InChI=1S/C16H20N2O4S/c1-10(2)14(18-15(20)13-4-3-6-22-13)16(21)17-8-12(19)11-5-7-23-9-11/h3-7,9-10,12,14,19H,8H2,1-2H3,(H,17,21)(H,18,20). The fraction of sp³-hybridized carbons (Fsp3) is 0.375. The summed E-state index contributed by atoms with van der Waals surface area (Å²) in [6, 6.07) is 4.24. The molecule has 7 heteroatoms. The lowest BCUT2D eigenvalue weighted by atomic mass is 10.0. The van der Waals surface area contributed by atoms with E-state index in [-0.39, 0.29) is 24.1 Å². The predicted molar refractivity (Wildman–Crippen MR) is 87.1 cm³/mol. The molecular weight excluding hydrogens is 316 g/mol. The van der Waals surface area contributed by atoms with Crippen molar-refractivity contribution in [3.63, 3.8) is 0 Å². The Bertz CT molecular complexity index is 623. The SMILES string of the molecule is CC(C)C(NC(=O)c1ccco1)C(=O)NCC(O)c1ccsc1. The largest absolute Gasteiger partial charge is 0.459 e. The highest BCUT2D eigenvalue weighted by Crippen LogP contribution is 2.15. The van der Waals surface area contributed by atoms with Crippen molar-refractivity contribution in [1.82, 2.24) is 10.6 Å². The van der Waals surface area contributed by atoms with Crippen LogP contribution < -0.4 is 10.6 Å². The number of furan rings is 1. The van der Waals surface area contributed by atoms with Gasteiger partial charge in [-0.25, -0.2) is 0 Å². The molecule has 0 radical (unpaired) electrons. The highest BCUT2D eigenvalue weighted by atomic mass is 32.1. The summed E-state index contributed by atoms with van der Waals surface area (Å²) in [5, 5.41) is 19.0. The van der Waals surface area contributed by atoms with Crippen molar-refractivity contribution in [1.29, 1.82) is 0 Å². The van der Waals surface area contributed by atoms with Crippen LogP contribution in [0.3, 0.4) is 0 Å². The number of amides is 2. The molecule has 0 saturated heterocycles. The van der Waals surface area contributed by atoms with Crippen LogP contribution in [0.25, 0.3) is 0 Å². The van der Waals surface area contributed by atoms with Gasteiger partial charge in [0.15, 0.2) is 5.76 Å². The van der Waals surface area contributed by atoms with E-state index in [2.05, 4.69) is 10.6 Å². The molecule has 2 heterocycles. The van der Waals surface area contributed by atoms with Crippen molar-refractivity contribution < 1.29 is 19.1 Å². The maximum Gasteiger partial charge on any atom is 0.287 e. The summed E-state index contributed by atoms with van der Waals surface area (Å²) in [5.74, 6) is -0.731. The third-order valence-electron chi connectivity index (χ3n) is 3.38. The van der Waals surface area contributed by atoms with E-state index in [1.807, 2.05) is 24.6 Å². The zero-order valence-corrected chi connectivity index (χ0v) is 13.8. The van der Waals surface area contributed by atoms with Gasteiger partial charge in [0, 0.05) is 6.54 Å². The molecule has 23 heavy (non-hydrogen) atoms. The van der Waals surface area contributed by atoms with Gasteiger partial charge in [-0.2, -0.15) is 11.3 Å². The summed E-state index contributed by atoms with van der Waals surface area (Å²) in [6.45, 7) is 3.76. The smallest absolute Gasteiger partial charge is 0.287 e. The van der Waals surface area contributed by atoms with Crippen molar-refractivity contribution in [3.05, 3.63) is 46.5 Å². The summed E-state index contributed by atoms with van der Waals surface area (Å²) in [6.07, 6.45) is 0.634. The second-order valence-electron chi connectivity index (χ2n) is 5.49. The van der Waals surface area contributed by atoms with Crippen molar-refractivity contribution in [2.75, 3.05) is 6.54 Å². The maximum absolute atomic E-state index is 12.3. The average Bonchev–Trinajstić information content (AvgIpc) is 3.22. The molecule has 2 amide bonds. The van der Waals surface area contributed by atoms with Crippen molar-refractivity contribution in [2.45, 2.75) is 26.0 Å². The van der Waals surface area contributed by atoms with Gasteiger partial charge in [-0.3, -0.25) is 9.59 Å².